The van der Waals surface area contributed by atoms with Gasteiger partial charge >= 0.3 is 5.97 Å². The lowest BCUT2D eigenvalue weighted by Crippen LogP contribution is -2.44. The van der Waals surface area contributed by atoms with Gasteiger partial charge in [0, 0.05) is 13.0 Å². The first-order valence-electron chi connectivity index (χ1n) is 6.37. The van der Waals surface area contributed by atoms with Crippen molar-refractivity contribution in [2.75, 3.05) is 13.1 Å². The molecule has 6 nitrogen and oxygen atoms in total. The van der Waals surface area contributed by atoms with Crippen molar-refractivity contribution in [3.63, 3.8) is 0 Å². The zero-order valence-corrected chi connectivity index (χ0v) is 10.5. The highest BCUT2D eigenvalue weighted by Crippen LogP contribution is 2.31. The van der Waals surface area contributed by atoms with Gasteiger partial charge in [-0.2, -0.15) is 0 Å². The number of carbonyl (C=O) groups excluding carboxylic acids is 1. The Morgan fingerprint density at radius 2 is 1.94 bits per heavy atom. The molecule has 5 N–H and O–H groups in total. The van der Waals surface area contributed by atoms with Gasteiger partial charge in [0.2, 0.25) is 5.91 Å². The van der Waals surface area contributed by atoms with E-state index in [2.05, 4.69) is 5.32 Å². The van der Waals surface area contributed by atoms with Gasteiger partial charge in [-0.15, -0.1) is 0 Å². The molecule has 104 valence electrons. The van der Waals surface area contributed by atoms with Crippen molar-refractivity contribution in [2.24, 2.45) is 11.7 Å². The normalized spacial score (nSPS) is 27.9. The molecule has 18 heavy (non-hydrogen) atoms. The number of carboxylic acid groups (broad SMARTS) is 1. The van der Waals surface area contributed by atoms with Crippen LogP contribution in [0.5, 0.6) is 0 Å². The number of aliphatic hydroxyl groups is 1. The fraction of sp³-hybridized carbons (Fsp3) is 0.833. The molecule has 0 saturated heterocycles. The summed E-state index contributed by atoms with van der Waals surface area (Å²) in [6.07, 6.45) is 3.05. The predicted molar refractivity (Wildman–Crippen MR) is 65.8 cm³/mol. The van der Waals surface area contributed by atoms with Crippen LogP contribution in [0.25, 0.3) is 0 Å². The average Bonchev–Trinajstić information content (AvgIpc) is 2.28. The van der Waals surface area contributed by atoms with Crippen molar-refractivity contribution in [3.05, 3.63) is 0 Å². The number of rotatable bonds is 7. The van der Waals surface area contributed by atoms with Gasteiger partial charge in [-0.3, -0.25) is 9.59 Å². The van der Waals surface area contributed by atoms with Crippen LogP contribution in [0.15, 0.2) is 0 Å². The van der Waals surface area contributed by atoms with Gasteiger partial charge in [-0.25, -0.2) is 0 Å². The van der Waals surface area contributed by atoms with Gasteiger partial charge in [-0.1, -0.05) is 0 Å². The molecule has 1 saturated carbocycles. The molecule has 0 atom stereocenters. The number of nitrogens with two attached hydrogens (primary N) is 1. The summed E-state index contributed by atoms with van der Waals surface area (Å²) in [5.74, 6) is -1.41. The lowest BCUT2D eigenvalue weighted by atomic mass is 9.79. The van der Waals surface area contributed by atoms with Crippen molar-refractivity contribution in [2.45, 2.75) is 44.1 Å². The second-order valence-electron chi connectivity index (χ2n) is 5.08. The summed E-state index contributed by atoms with van der Waals surface area (Å²) in [7, 11) is 0. The number of carbonyl (C=O) groups is 2. The number of hydrogen-bond donors (Lipinski definition) is 4. The van der Waals surface area contributed by atoms with Gasteiger partial charge in [0.1, 0.15) is 0 Å². The molecule has 1 amide bonds. The van der Waals surface area contributed by atoms with Crippen molar-refractivity contribution in [3.8, 4) is 0 Å². The second-order valence-corrected chi connectivity index (χ2v) is 5.08. The number of primary amides is 1. The first-order valence-corrected chi connectivity index (χ1v) is 6.37. The quantitative estimate of drug-likeness (QED) is 0.474. The van der Waals surface area contributed by atoms with E-state index in [0.717, 1.165) is 0 Å². The van der Waals surface area contributed by atoms with Crippen LogP contribution in [0.3, 0.4) is 0 Å². The lowest BCUT2D eigenvalue weighted by molar-refractivity contribution is -0.144. The highest BCUT2D eigenvalue weighted by molar-refractivity contribution is 5.73. The maximum Gasteiger partial charge on any atom is 0.306 e. The van der Waals surface area contributed by atoms with Crippen LogP contribution in [0.1, 0.15) is 38.5 Å². The van der Waals surface area contributed by atoms with E-state index in [1.165, 1.54) is 0 Å². The van der Waals surface area contributed by atoms with Crippen LogP contribution >= 0.6 is 0 Å². The molecule has 0 unspecified atom stereocenters. The van der Waals surface area contributed by atoms with Gasteiger partial charge in [0.25, 0.3) is 0 Å². The Morgan fingerprint density at radius 1 is 1.33 bits per heavy atom. The molecule has 0 aromatic heterocycles. The summed E-state index contributed by atoms with van der Waals surface area (Å²) >= 11 is 0. The molecule has 1 aliphatic rings. The Hall–Kier alpha value is -1.14. The van der Waals surface area contributed by atoms with E-state index in [1.54, 1.807) is 0 Å². The number of hydrogen-bond acceptors (Lipinski definition) is 4. The molecule has 0 spiro atoms. The fourth-order valence-corrected chi connectivity index (χ4v) is 2.29. The van der Waals surface area contributed by atoms with Crippen LogP contribution in [-0.4, -0.2) is 40.8 Å². The summed E-state index contributed by atoms with van der Waals surface area (Å²) < 4.78 is 0. The summed E-state index contributed by atoms with van der Waals surface area (Å²) in [5, 5.41) is 22.2. The van der Waals surface area contributed by atoms with Gasteiger partial charge in [-0.05, 0) is 38.6 Å². The van der Waals surface area contributed by atoms with Gasteiger partial charge in [0.05, 0.1) is 11.5 Å². The van der Waals surface area contributed by atoms with E-state index in [1.807, 2.05) is 0 Å². The maximum absolute atomic E-state index is 10.8. The molecule has 1 fully saturated rings. The van der Waals surface area contributed by atoms with Gasteiger partial charge < -0.3 is 21.3 Å². The first kappa shape index (κ1) is 14.9. The Morgan fingerprint density at radius 3 is 2.44 bits per heavy atom. The molecule has 6 heteroatoms. The molecule has 0 bridgehead atoms. The molecule has 0 radical (unpaired) electrons. The largest absolute Gasteiger partial charge is 0.481 e. The minimum Gasteiger partial charge on any atom is -0.481 e. The number of aliphatic carboxylic acids is 1. The van der Waals surface area contributed by atoms with E-state index in [9.17, 15) is 14.7 Å². The van der Waals surface area contributed by atoms with Crippen molar-refractivity contribution < 1.29 is 19.8 Å². The van der Waals surface area contributed by atoms with Crippen molar-refractivity contribution in [1.82, 2.24) is 5.32 Å². The fourth-order valence-electron chi connectivity index (χ4n) is 2.29. The first-order chi connectivity index (χ1) is 8.43. The van der Waals surface area contributed by atoms with Crippen LogP contribution in [0.2, 0.25) is 0 Å². The minimum absolute atomic E-state index is 0.319. The summed E-state index contributed by atoms with van der Waals surface area (Å²) in [6, 6.07) is 0. The molecule has 0 aliphatic heterocycles. The zero-order valence-electron chi connectivity index (χ0n) is 10.5. The lowest BCUT2D eigenvalue weighted by Gasteiger charge is -2.34. The molecular formula is C12H22N2O4. The minimum atomic E-state index is -0.807. The monoisotopic (exact) mass is 258 g/mol. The highest BCUT2D eigenvalue weighted by Gasteiger charge is 2.35. The van der Waals surface area contributed by atoms with E-state index in [0.29, 0.717) is 51.6 Å². The molecule has 0 heterocycles. The molecule has 1 rings (SSSR count). The summed E-state index contributed by atoms with van der Waals surface area (Å²) in [5.41, 5.74) is 4.21. The van der Waals surface area contributed by atoms with Crippen LogP contribution in [0.4, 0.5) is 0 Å². The van der Waals surface area contributed by atoms with Crippen LogP contribution in [0, 0.1) is 5.92 Å². The predicted octanol–water partition coefficient (Wildman–Crippen LogP) is -0.153. The maximum atomic E-state index is 10.8. The third kappa shape index (κ3) is 5.01. The van der Waals surface area contributed by atoms with Crippen molar-refractivity contribution >= 4 is 11.9 Å². The number of amides is 1. The highest BCUT2D eigenvalue weighted by atomic mass is 16.4. The SMILES string of the molecule is NC(=O)CCCNCC1(O)CCC(C(=O)O)CC1. The second kappa shape index (κ2) is 6.70. The van der Waals surface area contributed by atoms with Crippen LogP contribution < -0.4 is 11.1 Å². The third-order valence-corrected chi connectivity index (χ3v) is 3.50. The zero-order chi connectivity index (χ0) is 13.6. The van der Waals surface area contributed by atoms with Crippen molar-refractivity contribution in [1.29, 1.82) is 0 Å². The Labute approximate surface area is 107 Å². The summed E-state index contributed by atoms with van der Waals surface area (Å²) in [6.45, 7) is 1.08. The topological polar surface area (TPSA) is 113 Å². The number of carboxylic acids is 1. The number of nitrogens with one attached hydrogen (secondary N) is 1. The Kier molecular flexibility index (Phi) is 5.55. The standard InChI is InChI=1S/C12H22N2O4/c13-10(15)2-1-7-14-8-12(18)5-3-9(4-6-12)11(16)17/h9,14,18H,1-8H2,(H2,13,15)(H,16,17). The van der Waals surface area contributed by atoms with Gasteiger partial charge in [0.15, 0.2) is 0 Å². The van der Waals surface area contributed by atoms with E-state index >= 15 is 0 Å². The van der Waals surface area contributed by atoms with E-state index in [-0.39, 0.29) is 11.8 Å². The Balaban J connectivity index is 2.18. The molecular weight excluding hydrogens is 236 g/mol. The third-order valence-electron chi connectivity index (χ3n) is 3.50. The van der Waals surface area contributed by atoms with E-state index < -0.39 is 11.6 Å². The Bertz CT molecular complexity index is 298. The van der Waals surface area contributed by atoms with E-state index in [4.69, 9.17) is 10.8 Å². The molecule has 0 aromatic rings. The average molecular weight is 258 g/mol. The molecule has 0 aromatic carbocycles. The molecule has 1 aliphatic carbocycles. The smallest absolute Gasteiger partial charge is 0.306 e. The van der Waals surface area contributed by atoms with Crippen LogP contribution in [-0.2, 0) is 9.59 Å². The summed E-state index contributed by atoms with van der Waals surface area (Å²) in [4.78, 5) is 21.3.